The summed E-state index contributed by atoms with van der Waals surface area (Å²) in [5.74, 6) is 9.33. The van der Waals surface area contributed by atoms with Crippen molar-refractivity contribution >= 4 is 0 Å². The van der Waals surface area contributed by atoms with Crippen LogP contribution in [0, 0.1) is 23.7 Å². The van der Waals surface area contributed by atoms with E-state index in [1.54, 1.807) is 0 Å². The van der Waals surface area contributed by atoms with E-state index in [9.17, 15) is 0 Å². The Kier molecular flexibility index (Phi) is 6.18. The molecule has 1 heteroatoms. The van der Waals surface area contributed by atoms with Gasteiger partial charge in [-0.3, -0.25) is 0 Å². The lowest BCUT2D eigenvalue weighted by atomic mass is 9.81. The summed E-state index contributed by atoms with van der Waals surface area (Å²) in [5.41, 5.74) is 3.55. The molecule has 0 unspecified atom stereocenters. The summed E-state index contributed by atoms with van der Waals surface area (Å²) in [5, 5.41) is 0. The van der Waals surface area contributed by atoms with Crippen LogP contribution in [0.4, 0.5) is 0 Å². The maximum absolute atomic E-state index is 5.50. The van der Waals surface area contributed by atoms with E-state index in [0.717, 1.165) is 17.2 Å². The van der Waals surface area contributed by atoms with Crippen LogP contribution in [0.15, 0.2) is 48.5 Å². The summed E-state index contributed by atoms with van der Waals surface area (Å²) in [4.78, 5) is 0. The van der Waals surface area contributed by atoms with Crippen LogP contribution in [0.5, 0.6) is 5.75 Å². The smallest absolute Gasteiger partial charge is 0.119 e. The highest BCUT2D eigenvalue weighted by molar-refractivity contribution is 5.65. The second-order valence-corrected chi connectivity index (χ2v) is 6.93. The molecule has 0 saturated heterocycles. The van der Waals surface area contributed by atoms with E-state index < -0.39 is 0 Å². The first kappa shape index (κ1) is 17.6. The van der Waals surface area contributed by atoms with Crippen LogP contribution in [0.3, 0.4) is 0 Å². The normalized spacial score (nSPS) is 19.8. The molecule has 25 heavy (non-hydrogen) atoms. The van der Waals surface area contributed by atoms with Crippen molar-refractivity contribution < 1.29 is 4.74 Å². The van der Waals surface area contributed by atoms with Crippen LogP contribution < -0.4 is 4.74 Å². The van der Waals surface area contributed by atoms with E-state index in [1.165, 1.54) is 43.2 Å². The highest BCUT2D eigenvalue weighted by Crippen LogP contribution is 2.30. The molecule has 0 heterocycles. The zero-order valence-corrected chi connectivity index (χ0v) is 15.4. The van der Waals surface area contributed by atoms with Gasteiger partial charge in [0.1, 0.15) is 5.75 Å². The Bertz CT molecular complexity index is 707. The molecule has 0 spiro atoms. The largest absolute Gasteiger partial charge is 0.494 e. The Balaban J connectivity index is 1.62. The van der Waals surface area contributed by atoms with E-state index >= 15 is 0 Å². The lowest BCUT2D eigenvalue weighted by Gasteiger charge is -2.24. The summed E-state index contributed by atoms with van der Waals surface area (Å²) in [6.45, 7) is 5.01. The molecule has 0 N–H and O–H groups in total. The van der Waals surface area contributed by atoms with Crippen molar-refractivity contribution in [3.63, 3.8) is 0 Å². The number of hydrogen-bond donors (Lipinski definition) is 0. The van der Waals surface area contributed by atoms with Gasteiger partial charge >= 0.3 is 0 Å². The minimum atomic E-state index is 0.591. The van der Waals surface area contributed by atoms with Gasteiger partial charge in [-0.2, -0.15) is 0 Å². The maximum Gasteiger partial charge on any atom is 0.119 e. The Hall–Kier alpha value is -2.20. The molecule has 0 aromatic heterocycles. The molecular formula is C24H28O. The molecular weight excluding hydrogens is 304 g/mol. The Morgan fingerprint density at radius 2 is 1.44 bits per heavy atom. The summed E-state index contributed by atoms with van der Waals surface area (Å²) < 4.78 is 5.50. The number of rotatable bonds is 4. The van der Waals surface area contributed by atoms with Crippen molar-refractivity contribution in [2.24, 2.45) is 11.8 Å². The van der Waals surface area contributed by atoms with Gasteiger partial charge in [0.05, 0.1) is 6.61 Å². The summed E-state index contributed by atoms with van der Waals surface area (Å²) in [7, 11) is 0. The van der Waals surface area contributed by atoms with E-state index in [0.29, 0.717) is 12.5 Å². The minimum absolute atomic E-state index is 0.591. The predicted octanol–water partition coefficient (Wildman–Crippen LogP) is 6.32. The summed E-state index contributed by atoms with van der Waals surface area (Å²) in [6, 6.07) is 16.9. The van der Waals surface area contributed by atoms with Gasteiger partial charge < -0.3 is 4.74 Å². The molecule has 1 nitrogen and oxygen atoms in total. The van der Waals surface area contributed by atoms with Crippen molar-refractivity contribution in [2.45, 2.75) is 46.0 Å². The van der Waals surface area contributed by atoms with Crippen LogP contribution >= 0.6 is 0 Å². The number of ether oxygens (including phenoxy) is 1. The lowest BCUT2D eigenvalue weighted by Crippen LogP contribution is -2.12. The first-order valence-electron chi connectivity index (χ1n) is 9.63. The Morgan fingerprint density at radius 1 is 0.840 bits per heavy atom. The van der Waals surface area contributed by atoms with E-state index in [-0.39, 0.29) is 0 Å². The van der Waals surface area contributed by atoms with Crippen molar-refractivity contribution in [1.82, 2.24) is 0 Å². The standard InChI is InChI=1S/C24H28O/c1-3-19-5-7-20(8-6-19)9-10-21-11-13-22(14-12-21)23-15-17-24(18-16-23)25-4-2/h11-20H,3-8H2,1-2H3. The molecule has 1 fully saturated rings. The Morgan fingerprint density at radius 3 is 2.00 bits per heavy atom. The van der Waals surface area contributed by atoms with Gasteiger partial charge in [-0.25, -0.2) is 0 Å². The molecule has 130 valence electrons. The number of benzene rings is 2. The fraction of sp³-hybridized carbons (Fsp3) is 0.417. The molecule has 1 aliphatic rings. The molecule has 0 bridgehead atoms. The molecule has 1 aliphatic carbocycles. The quantitative estimate of drug-likeness (QED) is 0.595. The van der Waals surface area contributed by atoms with E-state index in [4.69, 9.17) is 4.74 Å². The van der Waals surface area contributed by atoms with Gasteiger partial charge in [0.2, 0.25) is 0 Å². The maximum atomic E-state index is 5.50. The summed E-state index contributed by atoms with van der Waals surface area (Å²) >= 11 is 0. The lowest BCUT2D eigenvalue weighted by molar-refractivity contribution is 0.309. The molecule has 0 aliphatic heterocycles. The first-order valence-corrected chi connectivity index (χ1v) is 9.63. The van der Waals surface area contributed by atoms with Gasteiger partial charge in [0.25, 0.3) is 0 Å². The average molecular weight is 332 g/mol. The fourth-order valence-corrected chi connectivity index (χ4v) is 3.56. The van der Waals surface area contributed by atoms with Gasteiger partial charge in [-0.15, -0.1) is 0 Å². The SMILES string of the molecule is CCOc1ccc(-c2ccc(C#CC3CCC(CC)CC3)cc2)cc1. The van der Waals surface area contributed by atoms with Crippen LogP contribution in [0.25, 0.3) is 11.1 Å². The fourth-order valence-electron chi connectivity index (χ4n) is 3.56. The molecule has 0 amide bonds. The third kappa shape index (κ3) is 4.89. The van der Waals surface area contributed by atoms with Gasteiger partial charge in [0.15, 0.2) is 0 Å². The average Bonchev–Trinajstić information content (AvgIpc) is 2.68. The minimum Gasteiger partial charge on any atom is -0.494 e. The molecule has 0 radical (unpaired) electrons. The molecule has 3 rings (SSSR count). The van der Waals surface area contributed by atoms with E-state index in [2.05, 4.69) is 55.2 Å². The zero-order valence-electron chi connectivity index (χ0n) is 15.4. The van der Waals surface area contributed by atoms with Crippen molar-refractivity contribution in [1.29, 1.82) is 0 Å². The number of hydrogen-bond acceptors (Lipinski definition) is 1. The highest BCUT2D eigenvalue weighted by Gasteiger charge is 2.17. The second-order valence-electron chi connectivity index (χ2n) is 6.93. The third-order valence-corrected chi connectivity index (χ3v) is 5.23. The zero-order chi connectivity index (χ0) is 17.5. The van der Waals surface area contributed by atoms with Crippen LogP contribution in [-0.4, -0.2) is 6.61 Å². The van der Waals surface area contributed by atoms with E-state index in [1.807, 2.05) is 19.1 Å². The van der Waals surface area contributed by atoms with Crippen LogP contribution in [-0.2, 0) is 0 Å². The second kappa shape index (κ2) is 8.77. The monoisotopic (exact) mass is 332 g/mol. The van der Waals surface area contributed by atoms with Gasteiger partial charge in [-0.1, -0.05) is 49.5 Å². The Labute approximate surface area is 152 Å². The molecule has 0 atom stereocenters. The van der Waals surface area contributed by atoms with Gasteiger partial charge in [0, 0.05) is 11.5 Å². The van der Waals surface area contributed by atoms with Crippen molar-refractivity contribution in [2.75, 3.05) is 6.61 Å². The van der Waals surface area contributed by atoms with Crippen molar-refractivity contribution in [3.8, 4) is 28.7 Å². The topological polar surface area (TPSA) is 9.23 Å². The van der Waals surface area contributed by atoms with Gasteiger partial charge in [-0.05, 0) is 73.9 Å². The summed E-state index contributed by atoms with van der Waals surface area (Å²) in [6.07, 6.45) is 6.58. The third-order valence-electron chi connectivity index (χ3n) is 5.23. The van der Waals surface area contributed by atoms with Crippen LogP contribution in [0.2, 0.25) is 0 Å². The molecule has 2 aromatic carbocycles. The van der Waals surface area contributed by atoms with Crippen LogP contribution in [0.1, 0.15) is 51.5 Å². The first-order chi connectivity index (χ1) is 12.3. The molecule has 1 saturated carbocycles. The highest BCUT2D eigenvalue weighted by atomic mass is 16.5. The van der Waals surface area contributed by atoms with Crippen molar-refractivity contribution in [3.05, 3.63) is 54.1 Å². The predicted molar refractivity (Wildman–Crippen MR) is 106 cm³/mol. The molecule has 2 aromatic rings.